The summed E-state index contributed by atoms with van der Waals surface area (Å²) in [4.78, 5) is 29.6. The Morgan fingerprint density at radius 2 is 1.87 bits per heavy atom. The Labute approximate surface area is 178 Å². The Morgan fingerprint density at radius 3 is 2.55 bits per heavy atom. The molecule has 1 aromatic heterocycles. The highest BCUT2D eigenvalue weighted by Gasteiger charge is 2.14. The Morgan fingerprint density at radius 1 is 1.10 bits per heavy atom. The molecule has 0 radical (unpaired) electrons. The molecule has 0 aliphatic rings. The first-order valence-electron chi connectivity index (χ1n) is 9.44. The van der Waals surface area contributed by atoms with Gasteiger partial charge in [0.25, 0.3) is 5.56 Å². The van der Waals surface area contributed by atoms with E-state index in [1.165, 1.54) is 37.0 Å². The van der Waals surface area contributed by atoms with Crippen LogP contribution in [0.15, 0.2) is 47.3 Å². The fraction of sp³-hybridized carbons (Fsp3) is 0.227. The van der Waals surface area contributed by atoms with E-state index in [0.717, 1.165) is 0 Å². The van der Waals surface area contributed by atoms with E-state index in [0.29, 0.717) is 34.1 Å². The van der Waals surface area contributed by atoms with E-state index in [9.17, 15) is 14.0 Å². The summed E-state index contributed by atoms with van der Waals surface area (Å²) in [6, 6.07) is 10.7. The second kappa shape index (κ2) is 9.29. The van der Waals surface area contributed by atoms with Gasteiger partial charge in [0.2, 0.25) is 11.9 Å². The number of amides is 1. The molecule has 0 unspecified atom stereocenters. The van der Waals surface area contributed by atoms with Gasteiger partial charge in [-0.25, -0.2) is 9.37 Å². The van der Waals surface area contributed by atoms with Crippen molar-refractivity contribution in [3.63, 3.8) is 0 Å². The van der Waals surface area contributed by atoms with Crippen LogP contribution in [0, 0.1) is 19.7 Å². The molecule has 2 N–H and O–H groups in total. The lowest BCUT2D eigenvalue weighted by atomic mass is 10.2. The summed E-state index contributed by atoms with van der Waals surface area (Å²) in [7, 11) is 3.01. The minimum absolute atomic E-state index is 0.174. The molecule has 0 bridgehead atoms. The average Bonchev–Trinajstić information content (AvgIpc) is 2.73. The van der Waals surface area contributed by atoms with Crippen molar-refractivity contribution in [3.05, 3.63) is 69.9 Å². The van der Waals surface area contributed by atoms with Crippen molar-refractivity contribution >= 4 is 23.2 Å². The number of anilines is 3. The minimum atomic E-state index is -0.449. The van der Waals surface area contributed by atoms with E-state index in [1.807, 2.05) is 0 Å². The SMILES string of the molecule is COc1ccc(NC(=O)Cn2c(Nc3ccc(F)c(C)c3)nc(C)cc2=O)c(OC)c1. The molecule has 3 aromatic rings. The molecule has 0 saturated carbocycles. The highest BCUT2D eigenvalue weighted by atomic mass is 19.1. The van der Waals surface area contributed by atoms with Crippen molar-refractivity contribution < 1.29 is 18.7 Å². The molecule has 2 aromatic carbocycles. The van der Waals surface area contributed by atoms with Gasteiger partial charge in [-0.05, 0) is 49.7 Å². The average molecular weight is 426 g/mol. The largest absolute Gasteiger partial charge is 0.497 e. The third kappa shape index (κ3) is 5.19. The highest BCUT2D eigenvalue weighted by Crippen LogP contribution is 2.29. The molecular formula is C22H23FN4O4. The van der Waals surface area contributed by atoms with Gasteiger partial charge in [-0.1, -0.05) is 0 Å². The topological polar surface area (TPSA) is 94.5 Å². The summed E-state index contributed by atoms with van der Waals surface area (Å²) < 4.78 is 25.2. The van der Waals surface area contributed by atoms with Crippen molar-refractivity contribution in [2.45, 2.75) is 20.4 Å². The zero-order chi connectivity index (χ0) is 22.5. The molecule has 0 fully saturated rings. The monoisotopic (exact) mass is 426 g/mol. The lowest BCUT2D eigenvalue weighted by Crippen LogP contribution is -2.30. The second-order valence-corrected chi connectivity index (χ2v) is 6.85. The molecule has 0 aliphatic carbocycles. The van der Waals surface area contributed by atoms with Gasteiger partial charge < -0.3 is 20.1 Å². The molecule has 0 aliphatic heterocycles. The fourth-order valence-electron chi connectivity index (χ4n) is 2.96. The predicted octanol–water partition coefficient (Wildman–Crippen LogP) is 3.40. The van der Waals surface area contributed by atoms with E-state index in [1.54, 1.807) is 38.1 Å². The van der Waals surface area contributed by atoms with E-state index in [4.69, 9.17) is 9.47 Å². The van der Waals surface area contributed by atoms with Crippen LogP contribution in [-0.4, -0.2) is 29.7 Å². The third-order valence-corrected chi connectivity index (χ3v) is 4.53. The van der Waals surface area contributed by atoms with Crippen LogP contribution in [0.4, 0.5) is 21.7 Å². The predicted molar refractivity (Wildman–Crippen MR) is 116 cm³/mol. The van der Waals surface area contributed by atoms with E-state index >= 15 is 0 Å². The normalized spacial score (nSPS) is 10.5. The Kier molecular flexibility index (Phi) is 6.54. The third-order valence-electron chi connectivity index (χ3n) is 4.53. The van der Waals surface area contributed by atoms with Crippen LogP contribution in [0.5, 0.6) is 11.5 Å². The van der Waals surface area contributed by atoms with Crippen molar-refractivity contribution in [1.29, 1.82) is 0 Å². The first-order valence-corrected chi connectivity index (χ1v) is 9.44. The maximum atomic E-state index is 13.6. The quantitative estimate of drug-likeness (QED) is 0.601. The van der Waals surface area contributed by atoms with E-state index in [2.05, 4.69) is 15.6 Å². The lowest BCUT2D eigenvalue weighted by molar-refractivity contribution is -0.116. The number of methoxy groups -OCH3 is 2. The number of nitrogens with one attached hydrogen (secondary N) is 2. The zero-order valence-corrected chi connectivity index (χ0v) is 17.7. The van der Waals surface area contributed by atoms with Gasteiger partial charge in [-0.15, -0.1) is 0 Å². The zero-order valence-electron chi connectivity index (χ0n) is 17.7. The number of aryl methyl sites for hydroxylation is 2. The van der Waals surface area contributed by atoms with Gasteiger partial charge in [-0.2, -0.15) is 0 Å². The molecule has 3 rings (SSSR count). The maximum absolute atomic E-state index is 13.6. The van der Waals surface area contributed by atoms with E-state index < -0.39 is 11.5 Å². The van der Waals surface area contributed by atoms with Crippen LogP contribution in [-0.2, 0) is 11.3 Å². The van der Waals surface area contributed by atoms with Crippen LogP contribution in [0.2, 0.25) is 0 Å². The lowest BCUT2D eigenvalue weighted by Gasteiger charge is -2.15. The molecular weight excluding hydrogens is 403 g/mol. The molecule has 9 heteroatoms. The Bertz CT molecular complexity index is 1180. The smallest absolute Gasteiger partial charge is 0.255 e. The van der Waals surface area contributed by atoms with Crippen LogP contribution in [0.1, 0.15) is 11.3 Å². The fourth-order valence-corrected chi connectivity index (χ4v) is 2.96. The van der Waals surface area contributed by atoms with Crippen molar-refractivity contribution in [2.75, 3.05) is 24.9 Å². The molecule has 0 saturated heterocycles. The number of ether oxygens (including phenoxy) is 2. The highest BCUT2D eigenvalue weighted by molar-refractivity contribution is 5.92. The Balaban J connectivity index is 1.86. The number of aromatic nitrogens is 2. The summed E-state index contributed by atoms with van der Waals surface area (Å²) in [6.45, 7) is 3.02. The number of carbonyl (C=O) groups is 1. The number of benzene rings is 2. The molecule has 162 valence electrons. The number of carbonyl (C=O) groups excluding carboxylic acids is 1. The minimum Gasteiger partial charge on any atom is -0.497 e. The number of rotatable bonds is 7. The van der Waals surface area contributed by atoms with Crippen LogP contribution >= 0.6 is 0 Å². The summed E-state index contributed by atoms with van der Waals surface area (Å²) in [5.74, 6) is 0.382. The maximum Gasteiger partial charge on any atom is 0.255 e. The molecule has 1 heterocycles. The Hall–Kier alpha value is -3.88. The van der Waals surface area contributed by atoms with E-state index in [-0.39, 0.29) is 18.3 Å². The van der Waals surface area contributed by atoms with Crippen molar-refractivity contribution in [3.8, 4) is 11.5 Å². The summed E-state index contributed by atoms with van der Waals surface area (Å²) >= 11 is 0. The van der Waals surface area contributed by atoms with Crippen LogP contribution < -0.4 is 25.7 Å². The molecule has 0 spiro atoms. The number of hydrogen-bond donors (Lipinski definition) is 2. The standard InChI is InChI=1S/C22H23FN4O4/c1-13-9-15(5-7-17(13)23)25-22-24-14(2)10-21(29)27(22)12-20(28)26-18-8-6-16(30-3)11-19(18)31-4/h5-11H,12H2,1-4H3,(H,24,25)(H,26,28). The van der Waals surface area contributed by atoms with Gasteiger partial charge in [-0.3, -0.25) is 14.2 Å². The van der Waals surface area contributed by atoms with Gasteiger partial charge >= 0.3 is 0 Å². The number of halogens is 1. The first-order chi connectivity index (χ1) is 14.8. The number of hydrogen-bond acceptors (Lipinski definition) is 6. The second-order valence-electron chi connectivity index (χ2n) is 6.85. The van der Waals surface area contributed by atoms with Gasteiger partial charge in [0.1, 0.15) is 23.9 Å². The van der Waals surface area contributed by atoms with Crippen molar-refractivity contribution in [1.82, 2.24) is 9.55 Å². The van der Waals surface area contributed by atoms with Crippen LogP contribution in [0.25, 0.3) is 0 Å². The molecule has 1 amide bonds. The van der Waals surface area contributed by atoms with Gasteiger partial charge in [0, 0.05) is 23.5 Å². The molecule has 0 atom stereocenters. The van der Waals surface area contributed by atoms with Gasteiger partial charge in [0.05, 0.1) is 19.9 Å². The summed E-state index contributed by atoms with van der Waals surface area (Å²) in [5, 5.41) is 5.72. The van der Waals surface area contributed by atoms with Crippen molar-refractivity contribution in [2.24, 2.45) is 0 Å². The van der Waals surface area contributed by atoms with Crippen LogP contribution in [0.3, 0.4) is 0 Å². The molecule has 31 heavy (non-hydrogen) atoms. The molecule has 8 nitrogen and oxygen atoms in total. The summed E-state index contributed by atoms with van der Waals surface area (Å²) in [5.41, 5.74) is 1.51. The summed E-state index contributed by atoms with van der Waals surface area (Å²) in [6.07, 6.45) is 0. The van der Waals surface area contributed by atoms with Gasteiger partial charge in [0.15, 0.2) is 0 Å². The first kappa shape index (κ1) is 21.8. The number of nitrogens with zero attached hydrogens (tertiary/aromatic N) is 2.